The first-order valence-corrected chi connectivity index (χ1v) is 7.45. The van der Waals surface area contributed by atoms with E-state index in [4.69, 9.17) is 0 Å². The summed E-state index contributed by atoms with van der Waals surface area (Å²) in [7, 11) is 0. The Kier molecular flexibility index (Phi) is 2.48. The highest BCUT2D eigenvalue weighted by atomic mass is 32.1. The van der Waals surface area contributed by atoms with Crippen molar-refractivity contribution in [1.82, 2.24) is 14.9 Å². The van der Waals surface area contributed by atoms with Crippen LogP contribution in [0.15, 0.2) is 17.8 Å². The van der Waals surface area contributed by atoms with Gasteiger partial charge in [0.25, 0.3) is 0 Å². The molecule has 94 valence electrons. The van der Waals surface area contributed by atoms with Gasteiger partial charge in [-0.25, -0.2) is 9.97 Å². The van der Waals surface area contributed by atoms with E-state index in [1.807, 2.05) is 0 Å². The highest BCUT2D eigenvalue weighted by Gasteiger charge is 2.34. The molecule has 1 N–H and O–H groups in total. The molecule has 0 spiro atoms. The van der Waals surface area contributed by atoms with E-state index in [0.717, 1.165) is 16.6 Å². The molecule has 1 atom stereocenters. The Morgan fingerprint density at radius 2 is 2.17 bits per heavy atom. The molecule has 3 fully saturated rings. The molecule has 0 aliphatic carbocycles. The van der Waals surface area contributed by atoms with Crippen molar-refractivity contribution in [2.45, 2.75) is 18.9 Å². The normalized spacial score (nSPS) is 30.8. The van der Waals surface area contributed by atoms with Gasteiger partial charge in [0.1, 0.15) is 17.0 Å². The highest BCUT2D eigenvalue weighted by Crippen LogP contribution is 2.31. The molecule has 2 bridgehead atoms. The number of hydrogen-bond acceptors (Lipinski definition) is 5. The van der Waals surface area contributed by atoms with Crippen LogP contribution in [0.5, 0.6) is 0 Å². The van der Waals surface area contributed by atoms with Crippen LogP contribution in [-0.4, -0.2) is 40.5 Å². The summed E-state index contributed by atoms with van der Waals surface area (Å²) in [5.74, 6) is 1.83. The average Bonchev–Trinajstić information content (AvgIpc) is 2.90. The number of anilines is 1. The fraction of sp³-hybridized carbons (Fsp3) is 0.538. The summed E-state index contributed by atoms with van der Waals surface area (Å²) >= 11 is 1.68. The van der Waals surface area contributed by atoms with E-state index < -0.39 is 0 Å². The Morgan fingerprint density at radius 1 is 1.28 bits per heavy atom. The van der Waals surface area contributed by atoms with Crippen LogP contribution >= 0.6 is 11.3 Å². The van der Waals surface area contributed by atoms with Gasteiger partial charge in [-0.15, -0.1) is 11.3 Å². The maximum atomic E-state index is 4.42. The second kappa shape index (κ2) is 4.17. The van der Waals surface area contributed by atoms with E-state index in [-0.39, 0.29) is 0 Å². The molecule has 0 amide bonds. The SMILES string of the molecule is c1nc(NC2CN3CCC2CC3)c2ccsc2n1. The van der Waals surface area contributed by atoms with Gasteiger partial charge >= 0.3 is 0 Å². The molecule has 1 unspecified atom stereocenters. The molecule has 0 radical (unpaired) electrons. The Balaban J connectivity index is 1.62. The van der Waals surface area contributed by atoms with Gasteiger partial charge in [0.15, 0.2) is 0 Å². The minimum atomic E-state index is 0.561. The van der Waals surface area contributed by atoms with Crippen molar-refractivity contribution < 1.29 is 0 Å². The maximum Gasteiger partial charge on any atom is 0.138 e. The minimum Gasteiger partial charge on any atom is -0.365 e. The molecule has 2 aromatic heterocycles. The van der Waals surface area contributed by atoms with Crippen molar-refractivity contribution in [3.63, 3.8) is 0 Å². The second-order valence-electron chi connectivity index (χ2n) is 5.25. The summed E-state index contributed by atoms with van der Waals surface area (Å²) in [5, 5.41) is 6.91. The number of thiophene rings is 1. The van der Waals surface area contributed by atoms with Crippen molar-refractivity contribution in [1.29, 1.82) is 0 Å². The van der Waals surface area contributed by atoms with Gasteiger partial charge in [0.05, 0.1) is 5.39 Å². The Morgan fingerprint density at radius 3 is 2.94 bits per heavy atom. The lowest BCUT2D eigenvalue weighted by Gasteiger charge is -2.45. The summed E-state index contributed by atoms with van der Waals surface area (Å²) in [6, 6.07) is 2.68. The number of nitrogens with one attached hydrogen (secondary N) is 1. The quantitative estimate of drug-likeness (QED) is 0.898. The zero-order valence-corrected chi connectivity index (χ0v) is 11.0. The molecular formula is C13H16N4S. The van der Waals surface area contributed by atoms with Crippen molar-refractivity contribution in [2.75, 3.05) is 25.0 Å². The highest BCUT2D eigenvalue weighted by molar-refractivity contribution is 7.16. The minimum absolute atomic E-state index is 0.561. The van der Waals surface area contributed by atoms with Gasteiger partial charge in [-0.05, 0) is 43.3 Å². The molecule has 3 saturated heterocycles. The van der Waals surface area contributed by atoms with Crippen LogP contribution < -0.4 is 5.32 Å². The first-order valence-electron chi connectivity index (χ1n) is 6.57. The maximum absolute atomic E-state index is 4.42. The topological polar surface area (TPSA) is 41.1 Å². The van der Waals surface area contributed by atoms with Crippen molar-refractivity contribution >= 4 is 27.4 Å². The number of fused-ring (bicyclic) bond motifs is 4. The standard InChI is InChI=1S/C13H16N4S/c1-4-17-5-2-9(1)11(7-17)16-12-10-3-6-18-13(10)15-8-14-12/h3,6,8-9,11H,1-2,4-5,7H2,(H,14,15,16). The monoisotopic (exact) mass is 260 g/mol. The number of aromatic nitrogens is 2. The zero-order chi connectivity index (χ0) is 11.9. The molecule has 0 aromatic carbocycles. The second-order valence-corrected chi connectivity index (χ2v) is 6.15. The molecule has 5 heterocycles. The largest absolute Gasteiger partial charge is 0.365 e. The lowest BCUT2D eigenvalue weighted by molar-refractivity contribution is 0.0974. The number of piperidine rings is 3. The Hall–Kier alpha value is -1.20. The molecule has 5 rings (SSSR count). The third-order valence-corrected chi connectivity index (χ3v) is 5.06. The molecule has 18 heavy (non-hydrogen) atoms. The molecule has 4 nitrogen and oxygen atoms in total. The molecule has 2 aromatic rings. The Labute approximate surface area is 110 Å². The van der Waals surface area contributed by atoms with Gasteiger partial charge in [-0.1, -0.05) is 0 Å². The average molecular weight is 260 g/mol. The first kappa shape index (κ1) is 10.7. The third-order valence-electron chi connectivity index (χ3n) is 4.24. The van der Waals surface area contributed by atoms with Crippen LogP contribution in [0.2, 0.25) is 0 Å². The van der Waals surface area contributed by atoms with Gasteiger partial charge in [-0.3, -0.25) is 0 Å². The van der Waals surface area contributed by atoms with E-state index in [2.05, 4.69) is 31.6 Å². The molecule has 0 saturated carbocycles. The van der Waals surface area contributed by atoms with Crippen LogP contribution in [0.1, 0.15) is 12.8 Å². The van der Waals surface area contributed by atoms with Crippen molar-refractivity contribution in [3.05, 3.63) is 17.8 Å². The predicted octanol–water partition coefficient (Wildman–Crippen LogP) is 2.20. The molecular weight excluding hydrogens is 244 g/mol. The molecule has 3 aliphatic heterocycles. The first-order chi connectivity index (χ1) is 8.90. The van der Waals surface area contributed by atoms with Gasteiger partial charge in [-0.2, -0.15) is 0 Å². The van der Waals surface area contributed by atoms with Crippen molar-refractivity contribution in [3.8, 4) is 0 Å². The van der Waals surface area contributed by atoms with Crippen LogP contribution in [-0.2, 0) is 0 Å². The van der Waals surface area contributed by atoms with Crippen molar-refractivity contribution in [2.24, 2.45) is 5.92 Å². The molecule has 3 aliphatic rings. The molecule has 5 heteroatoms. The van der Waals surface area contributed by atoms with Crippen LogP contribution in [0.3, 0.4) is 0 Å². The van der Waals surface area contributed by atoms with E-state index in [1.54, 1.807) is 17.7 Å². The fourth-order valence-electron chi connectivity index (χ4n) is 3.21. The summed E-state index contributed by atoms with van der Waals surface area (Å²) in [4.78, 5) is 12.4. The van der Waals surface area contributed by atoms with Gasteiger partial charge in [0, 0.05) is 12.6 Å². The van der Waals surface area contributed by atoms with Crippen LogP contribution in [0.4, 0.5) is 5.82 Å². The van der Waals surface area contributed by atoms with E-state index in [1.165, 1.54) is 37.9 Å². The Bertz CT molecular complexity index is 559. The number of rotatable bonds is 2. The predicted molar refractivity (Wildman–Crippen MR) is 74.0 cm³/mol. The fourth-order valence-corrected chi connectivity index (χ4v) is 3.94. The summed E-state index contributed by atoms with van der Waals surface area (Å²) in [5.41, 5.74) is 0. The van der Waals surface area contributed by atoms with Gasteiger partial charge < -0.3 is 10.2 Å². The third kappa shape index (κ3) is 1.69. The number of nitrogens with zero attached hydrogens (tertiary/aromatic N) is 3. The smallest absolute Gasteiger partial charge is 0.138 e. The van der Waals surface area contributed by atoms with E-state index in [9.17, 15) is 0 Å². The van der Waals surface area contributed by atoms with Crippen LogP contribution in [0.25, 0.3) is 10.2 Å². The summed E-state index contributed by atoms with van der Waals surface area (Å²) in [6.45, 7) is 3.72. The van der Waals surface area contributed by atoms with E-state index >= 15 is 0 Å². The lowest BCUT2D eigenvalue weighted by atomic mass is 9.84. The van der Waals surface area contributed by atoms with E-state index in [0.29, 0.717) is 6.04 Å². The summed E-state index contributed by atoms with van der Waals surface area (Å²) in [6.07, 6.45) is 4.33. The zero-order valence-electron chi connectivity index (χ0n) is 10.2. The van der Waals surface area contributed by atoms with Crippen LogP contribution in [0, 0.1) is 5.92 Å². The number of hydrogen-bond donors (Lipinski definition) is 1. The lowest BCUT2D eigenvalue weighted by Crippen LogP contribution is -2.53. The summed E-state index contributed by atoms with van der Waals surface area (Å²) < 4.78 is 0. The van der Waals surface area contributed by atoms with Gasteiger partial charge in [0.2, 0.25) is 0 Å².